The van der Waals surface area contributed by atoms with E-state index in [0.717, 1.165) is 11.3 Å². The highest BCUT2D eigenvalue weighted by Crippen LogP contribution is 2.23. The summed E-state index contributed by atoms with van der Waals surface area (Å²) in [4.78, 5) is 12.0. The molecule has 21 heavy (non-hydrogen) atoms. The Kier molecular flexibility index (Phi) is 4.94. The summed E-state index contributed by atoms with van der Waals surface area (Å²) in [5.74, 6) is 0.995. The lowest BCUT2D eigenvalue weighted by Gasteiger charge is -2.10. The van der Waals surface area contributed by atoms with Crippen LogP contribution in [0.4, 0.5) is 0 Å². The summed E-state index contributed by atoms with van der Waals surface area (Å²) in [5, 5.41) is 6.56. The Morgan fingerprint density at radius 2 is 2.05 bits per heavy atom. The van der Waals surface area contributed by atoms with Gasteiger partial charge in [0, 0.05) is 24.8 Å². The first-order chi connectivity index (χ1) is 10.1. The number of hydrogen-bond acceptors (Lipinski definition) is 5. The number of carbonyl (C=O) groups is 1. The van der Waals surface area contributed by atoms with Gasteiger partial charge in [-0.1, -0.05) is 5.16 Å². The largest absolute Gasteiger partial charge is 0.497 e. The van der Waals surface area contributed by atoms with Crippen molar-refractivity contribution < 1.29 is 18.8 Å². The number of hydrogen-bond donors (Lipinski definition) is 1. The molecule has 1 aromatic heterocycles. The van der Waals surface area contributed by atoms with Crippen LogP contribution in [0.2, 0.25) is 0 Å². The smallest absolute Gasteiger partial charge is 0.273 e. The molecule has 1 atom stereocenters. The fourth-order valence-corrected chi connectivity index (χ4v) is 1.86. The summed E-state index contributed by atoms with van der Waals surface area (Å²) in [6.45, 7) is 2.29. The van der Waals surface area contributed by atoms with E-state index in [1.54, 1.807) is 20.3 Å². The Morgan fingerprint density at radius 1 is 1.33 bits per heavy atom. The van der Waals surface area contributed by atoms with Gasteiger partial charge in [0.25, 0.3) is 5.91 Å². The zero-order valence-corrected chi connectivity index (χ0v) is 12.3. The van der Waals surface area contributed by atoms with Crippen LogP contribution in [0.1, 0.15) is 17.4 Å². The molecule has 0 radical (unpaired) electrons. The molecule has 0 aliphatic rings. The van der Waals surface area contributed by atoms with Crippen molar-refractivity contribution in [2.75, 3.05) is 20.8 Å². The molecule has 112 valence electrons. The van der Waals surface area contributed by atoms with Crippen LogP contribution >= 0.6 is 0 Å². The third-order valence-corrected chi connectivity index (χ3v) is 2.91. The van der Waals surface area contributed by atoms with Crippen LogP contribution in [0.25, 0.3) is 11.3 Å². The predicted molar refractivity (Wildman–Crippen MR) is 77.3 cm³/mol. The van der Waals surface area contributed by atoms with Gasteiger partial charge in [-0.25, -0.2) is 0 Å². The molecular formula is C15H18N2O4. The van der Waals surface area contributed by atoms with Gasteiger partial charge in [0.2, 0.25) is 0 Å². The third-order valence-electron chi connectivity index (χ3n) is 2.91. The molecule has 2 aromatic rings. The maximum Gasteiger partial charge on any atom is 0.273 e. The van der Waals surface area contributed by atoms with Crippen LogP contribution < -0.4 is 10.1 Å². The van der Waals surface area contributed by atoms with Gasteiger partial charge in [0.15, 0.2) is 11.5 Å². The Hall–Kier alpha value is -2.34. The van der Waals surface area contributed by atoms with Crippen molar-refractivity contribution in [1.82, 2.24) is 10.5 Å². The van der Waals surface area contributed by atoms with Crippen molar-refractivity contribution in [3.63, 3.8) is 0 Å². The van der Waals surface area contributed by atoms with Gasteiger partial charge in [-0.2, -0.15) is 0 Å². The minimum Gasteiger partial charge on any atom is -0.497 e. The first-order valence-corrected chi connectivity index (χ1v) is 6.55. The van der Waals surface area contributed by atoms with Crippen LogP contribution in [0.5, 0.6) is 5.75 Å². The van der Waals surface area contributed by atoms with Crippen molar-refractivity contribution in [2.45, 2.75) is 13.0 Å². The fourth-order valence-electron chi connectivity index (χ4n) is 1.86. The van der Waals surface area contributed by atoms with E-state index in [0.29, 0.717) is 12.4 Å². The zero-order valence-electron chi connectivity index (χ0n) is 12.3. The van der Waals surface area contributed by atoms with Gasteiger partial charge in [-0.3, -0.25) is 4.79 Å². The van der Waals surface area contributed by atoms with Crippen molar-refractivity contribution in [3.8, 4) is 17.1 Å². The van der Waals surface area contributed by atoms with E-state index < -0.39 is 0 Å². The average molecular weight is 290 g/mol. The predicted octanol–water partition coefficient (Wildman–Crippen LogP) is 2.11. The standard InChI is InChI=1S/C15H18N2O4/c1-10(9-19-2)16-15(18)13-8-14(21-17-13)11-4-6-12(20-3)7-5-11/h4-8,10H,9H2,1-3H3,(H,16,18)/t10-/m1/s1. The maximum absolute atomic E-state index is 12.0. The van der Waals surface area contributed by atoms with E-state index in [4.69, 9.17) is 14.0 Å². The first-order valence-electron chi connectivity index (χ1n) is 6.55. The summed E-state index contributed by atoms with van der Waals surface area (Å²) in [6.07, 6.45) is 0. The molecule has 0 aliphatic heterocycles. The number of carbonyl (C=O) groups excluding carboxylic acids is 1. The molecule has 6 heteroatoms. The number of methoxy groups -OCH3 is 2. The Balaban J connectivity index is 2.08. The van der Waals surface area contributed by atoms with E-state index in [-0.39, 0.29) is 17.6 Å². The SMILES string of the molecule is COC[C@@H](C)NC(=O)c1cc(-c2ccc(OC)cc2)on1. The van der Waals surface area contributed by atoms with Crippen molar-refractivity contribution in [1.29, 1.82) is 0 Å². The minimum atomic E-state index is -0.289. The summed E-state index contributed by atoms with van der Waals surface area (Å²) >= 11 is 0. The maximum atomic E-state index is 12.0. The van der Waals surface area contributed by atoms with E-state index in [1.807, 2.05) is 31.2 Å². The molecule has 1 amide bonds. The normalized spacial score (nSPS) is 12.0. The van der Waals surface area contributed by atoms with Crippen LogP contribution in [-0.4, -0.2) is 37.9 Å². The lowest BCUT2D eigenvalue weighted by molar-refractivity contribution is 0.0896. The van der Waals surface area contributed by atoms with Gasteiger partial charge >= 0.3 is 0 Å². The number of amides is 1. The highest BCUT2D eigenvalue weighted by molar-refractivity contribution is 5.93. The number of rotatable bonds is 6. The summed E-state index contributed by atoms with van der Waals surface area (Å²) in [6, 6.07) is 8.83. The number of aromatic nitrogens is 1. The topological polar surface area (TPSA) is 73.6 Å². The second-order valence-electron chi connectivity index (χ2n) is 4.63. The van der Waals surface area contributed by atoms with Gasteiger partial charge in [-0.05, 0) is 31.2 Å². The molecule has 0 spiro atoms. The van der Waals surface area contributed by atoms with E-state index >= 15 is 0 Å². The molecule has 0 unspecified atom stereocenters. The fraction of sp³-hybridized carbons (Fsp3) is 0.333. The van der Waals surface area contributed by atoms with E-state index in [2.05, 4.69) is 10.5 Å². The van der Waals surface area contributed by atoms with Crippen molar-refractivity contribution in [2.24, 2.45) is 0 Å². The molecule has 2 rings (SSSR count). The van der Waals surface area contributed by atoms with Crippen LogP contribution in [-0.2, 0) is 4.74 Å². The first kappa shape index (κ1) is 15.1. The Labute approximate surface area is 123 Å². The monoisotopic (exact) mass is 290 g/mol. The molecule has 0 aliphatic carbocycles. The highest BCUT2D eigenvalue weighted by Gasteiger charge is 2.15. The third kappa shape index (κ3) is 3.82. The molecule has 0 saturated heterocycles. The lowest BCUT2D eigenvalue weighted by atomic mass is 10.1. The summed E-state index contributed by atoms with van der Waals surface area (Å²) < 4.78 is 15.3. The average Bonchev–Trinajstić information content (AvgIpc) is 2.97. The molecular weight excluding hydrogens is 272 g/mol. The number of nitrogens with zero attached hydrogens (tertiary/aromatic N) is 1. The van der Waals surface area contributed by atoms with Crippen LogP contribution in [0.3, 0.4) is 0 Å². The van der Waals surface area contributed by atoms with Gasteiger partial charge in [0.1, 0.15) is 5.75 Å². The summed E-state index contributed by atoms with van der Waals surface area (Å²) in [5.41, 5.74) is 1.07. The van der Waals surface area contributed by atoms with Gasteiger partial charge < -0.3 is 19.3 Å². The number of nitrogens with one attached hydrogen (secondary N) is 1. The van der Waals surface area contributed by atoms with Gasteiger partial charge in [-0.15, -0.1) is 0 Å². The Morgan fingerprint density at radius 3 is 2.67 bits per heavy atom. The zero-order chi connectivity index (χ0) is 15.2. The molecule has 6 nitrogen and oxygen atoms in total. The van der Waals surface area contributed by atoms with Crippen molar-refractivity contribution in [3.05, 3.63) is 36.0 Å². The molecule has 1 N–H and O–H groups in total. The van der Waals surface area contributed by atoms with Crippen LogP contribution in [0.15, 0.2) is 34.9 Å². The quantitative estimate of drug-likeness (QED) is 0.882. The highest BCUT2D eigenvalue weighted by atomic mass is 16.5. The molecule has 1 aromatic carbocycles. The van der Waals surface area contributed by atoms with Crippen LogP contribution in [0, 0.1) is 0 Å². The molecule has 1 heterocycles. The summed E-state index contributed by atoms with van der Waals surface area (Å²) in [7, 11) is 3.19. The number of benzene rings is 1. The second-order valence-corrected chi connectivity index (χ2v) is 4.63. The van der Waals surface area contributed by atoms with E-state index in [1.165, 1.54) is 0 Å². The molecule has 0 bridgehead atoms. The van der Waals surface area contributed by atoms with E-state index in [9.17, 15) is 4.79 Å². The molecule has 0 saturated carbocycles. The lowest BCUT2D eigenvalue weighted by Crippen LogP contribution is -2.35. The number of ether oxygens (including phenoxy) is 2. The Bertz CT molecular complexity index is 592. The molecule has 0 fully saturated rings. The van der Waals surface area contributed by atoms with Gasteiger partial charge in [0.05, 0.1) is 13.7 Å². The van der Waals surface area contributed by atoms with Crippen molar-refractivity contribution >= 4 is 5.91 Å². The minimum absolute atomic E-state index is 0.0939. The second kappa shape index (κ2) is 6.90.